The zero-order valence-electron chi connectivity index (χ0n) is 9.62. The minimum absolute atomic E-state index is 0.138. The van der Waals surface area contributed by atoms with Crippen molar-refractivity contribution in [2.24, 2.45) is 0 Å². The second kappa shape index (κ2) is 6.11. The predicted octanol–water partition coefficient (Wildman–Crippen LogP) is 3.33. The molecular weight excluding hydrogens is 334 g/mol. The molecule has 0 radical (unpaired) electrons. The van der Waals surface area contributed by atoms with Gasteiger partial charge in [-0.25, -0.2) is 4.39 Å². The van der Waals surface area contributed by atoms with Crippen LogP contribution in [-0.2, 0) is 16.1 Å². The Morgan fingerprint density at radius 2 is 2.00 bits per heavy atom. The van der Waals surface area contributed by atoms with Crippen LogP contribution < -0.4 is 0 Å². The van der Waals surface area contributed by atoms with Crippen LogP contribution in [0.25, 0.3) is 0 Å². The summed E-state index contributed by atoms with van der Waals surface area (Å²) in [5, 5.41) is 0. The molecule has 0 unspecified atom stereocenters. The van der Waals surface area contributed by atoms with Crippen LogP contribution in [0.3, 0.4) is 0 Å². The fraction of sp³-hybridized carbons (Fsp3) is 0.538. The summed E-state index contributed by atoms with van der Waals surface area (Å²) < 4.78 is 25.7. The quantitative estimate of drug-likeness (QED) is 0.613. The van der Waals surface area contributed by atoms with Gasteiger partial charge in [-0.1, -0.05) is 40.8 Å². The van der Waals surface area contributed by atoms with E-state index in [2.05, 4.69) is 22.6 Å². The zero-order chi connectivity index (χ0) is 12.1. The molecule has 1 fully saturated rings. The molecule has 1 heterocycles. The molecule has 0 saturated carbocycles. The van der Waals surface area contributed by atoms with Crippen molar-refractivity contribution in [3.63, 3.8) is 0 Å². The van der Waals surface area contributed by atoms with Gasteiger partial charge in [0.25, 0.3) is 0 Å². The topological polar surface area (TPSA) is 18.5 Å². The lowest BCUT2D eigenvalue weighted by molar-refractivity contribution is -0.102. The van der Waals surface area contributed by atoms with Crippen molar-refractivity contribution in [3.05, 3.63) is 35.6 Å². The number of hydrogen-bond acceptors (Lipinski definition) is 2. The van der Waals surface area contributed by atoms with Gasteiger partial charge >= 0.3 is 0 Å². The normalized spacial score (nSPS) is 19.2. The minimum atomic E-state index is -0.192. The van der Waals surface area contributed by atoms with E-state index in [1.54, 1.807) is 12.1 Å². The summed E-state index contributed by atoms with van der Waals surface area (Å²) in [7, 11) is 0. The SMILES string of the molecule is Fc1ccccc1COC1(CI)CCOCC1. The van der Waals surface area contributed by atoms with Crippen molar-refractivity contribution in [2.45, 2.75) is 25.0 Å². The molecule has 0 N–H and O–H groups in total. The second-order valence-corrected chi connectivity index (χ2v) is 5.07. The standard InChI is InChI=1S/C13H16FIO2/c14-12-4-2-1-3-11(12)9-17-13(10-15)5-7-16-8-6-13/h1-4H,5-10H2. The molecular formula is C13H16FIO2. The van der Waals surface area contributed by atoms with Gasteiger partial charge in [0.1, 0.15) is 5.82 Å². The van der Waals surface area contributed by atoms with Gasteiger partial charge in [-0.05, 0) is 6.07 Å². The Hall–Kier alpha value is -0.200. The maximum Gasteiger partial charge on any atom is 0.128 e. The van der Waals surface area contributed by atoms with E-state index in [1.165, 1.54) is 6.07 Å². The first kappa shape index (κ1) is 13.2. The minimum Gasteiger partial charge on any atom is -0.381 e. The number of rotatable bonds is 4. The highest BCUT2D eigenvalue weighted by atomic mass is 127. The zero-order valence-corrected chi connectivity index (χ0v) is 11.8. The Labute approximate surface area is 115 Å². The summed E-state index contributed by atoms with van der Waals surface area (Å²) in [4.78, 5) is 0. The highest BCUT2D eigenvalue weighted by Crippen LogP contribution is 2.28. The fourth-order valence-electron chi connectivity index (χ4n) is 1.91. The summed E-state index contributed by atoms with van der Waals surface area (Å²) in [6.45, 7) is 1.82. The van der Waals surface area contributed by atoms with E-state index in [4.69, 9.17) is 9.47 Å². The third kappa shape index (κ3) is 3.39. The van der Waals surface area contributed by atoms with Crippen molar-refractivity contribution in [3.8, 4) is 0 Å². The molecule has 1 aliphatic heterocycles. The van der Waals surface area contributed by atoms with Crippen LogP contribution >= 0.6 is 22.6 Å². The summed E-state index contributed by atoms with van der Waals surface area (Å²) in [5.74, 6) is -0.192. The molecule has 0 bridgehead atoms. The number of halogens is 2. The third-order valence-corrected chi connectivity index (χ3v) is 4.53. The molecule has 0 atom stereocenters. The van der Waals surface area contributed by atoms with Crippen LogP contribution in [0, 0.1) is 5.82 Å². The van der Waals surface area contributed by atoms with Gasteiger partial charge in [0.15, 0.2) is 0 Å². The molecule has 1 saturated heterocycles. The first-order chi connectivity index (χ1) is 8.26. The molecule has 2 rings (SSSR count). The molecule has 0 spiro atoms. The summed E-state index contributed by atoms with van der Waals surface area (Å²) >= 11 is 2.34. The van der Waals surface area contributed by atoms with Crippen molar-refractivity contribution in [1.82, 2.24) is 0 Å². The van der Waals surface area contributed by atoms with Crippen molar-refractivity contribution in [2.75, 3.05) is 17.6 Å². The number of ether oxygens (including phenoxy) is 2. The average molecular weight is 350 g/mol. The lowest BCUT2D eigenvalue weighted by Gasteiger charge is -2.35. The maximum absolute atomic E-state index is 13.5. The van der Waals surface area contributed by atoms with E-state index in [0.717, 1.165) is 30.5 Å². The molecule has 17 heavy (non-hydrogen) atoms. The molecule has 0 aromatic heterocycles. The molecule has 4 heteroatoms. The Morgan fingerprint density at radius 1 is 1.29 bits per heavy atom. The predicted molar refractivity (Wildman–Crippen MR) is 72.9 cm³/mol. The fourth-order valence-corrected chi connectivity index (χ4v) is 2.89. The van der Waals surface area contributed by atoms with Crippen LogP contribution in [0.4, 0.5) is 4.39 Å². The Bertz CT molecular complexity index is 364. The summed E-state index contributed by atoms with van der Waals surface area (Å²) in [5.41, 5.74) is 0.490. The van der Waals surface area contributed by atoms with Gasteiger partial charge in [-0.15, -0.1) is 0 Å². The number of alkyl halides is 1. The lowest BCUT2D eigenvalue weighted by Crippen LogP contribution is -2.40. The molecule has 0 aliphatic carbocycles. The average Bonchev–Trinajstić information content (AvgIpc) is 2.39. The summed E-state index contributed by atoms with van der Waals surface area (Å²) in [6, 6.07) is 6.78. The van der Waals surface area contributed by atoms with Gasteiger partial charge in [-0.3, -0.25) is 0 Å². The van der Waals surface area contributed by atoms with Gasteiger partial charge in [0.2, 0.25) is 0 Å². The van der Waals surface area contributed by atoms with E-state index in [1.807, 2.05) is 6.07 Å². The van der Waals surface area contributed by atoms with Gasteiger partial charge in [-0.2, -0.15) is 0 Å². The molecule has 2 nitrogen and oxygen atoms in total. The Morgan fingerprint density at radius 3 is 2.65 bits per heavy atom. The first-order valence-electron chi connectivity index (χ1n) is 5.77. The lowest BCUT2D eigenvalue weighted by atomic mass is 9.96. The van der Waals surface area contributed by atoms with E-state index < -0.39 is 0 Å². The summed E-state index contributed by atoms with van der Waals surface area (Å²) in [6.07, 6.45) is 1.79. The van der Waals surface area contributed by atoms with Crippen LogP contribution in [0.1, 0.15) is 18.4 Å². The highest BCUT2D eigenvalue weighted by Gasteiger charge is 2.32. The van der Waals surface area contributed by atoms with Crippen molar-refractivity contribution >= 4 is 22.6 Å². The van der Waals surface area contributed by atoms with Crippen LogP contribution in [0.15, 0.2) is 24.3 Å². The smallest absolute Gasteiger partial charge is 0.128 e. The van der Waals surface area contributed by atoms with E-state index in [0.29, 0.717) is 12.2 Å². The van der Waals surface area contributed by atoms with Crippen LogP contribution in [-0.4, -0.2) is 23.2 Å². The van der Waals surface area contributed by atoms with Crippen molar-refractivity contribution in [1.29, 1.82) is 0 Å². The first-order valence-corrected chi connectivity index (χ1v) is 7.29. The number of benzene rings is 1. The van der Waals surface area contributed by atoms with Gasteiger partial charge in [0, 0.05) is 36.0 Å². The monoisotopic (exact) mass is 350 g/mol. The maximum atomic E-state index is 13.5. The third-order valence-electron chi connectivity index (χ3n) is 3.14. The van der Waals surface area contributed by atoms with Crippen molar-refractivity contribution < 1.29 is 13.9 Å². The molecule has 0 amide bonds. The van der Waals surface area contributed by atoms with Crippen LogP contribution in [0.5, 0.6) is 0 Å². The van der Waals surface area contributed by atoms with E-state index in [-0.39, 0.29) is 11.4 Å². The van der Waals surface area contributed by atoms with E-state index in [9.17, 15) is 4.39 Å². The largest absolute Gasteiger partial charge is 0.381 e. The molecule has 94 valence electrons. The molecule has 1 aromatic carbocycles. The Balaban J connectivity index is 1.98. The highest BCUT2D eigenvalue weighted by molar-refractivity contribution is 14.1. The number of hydrogen-bond donors (Lipinski definition) is 0. The second-order valence-electron chi connectivity index (χ2n) is 4.31. The Kier molecular flexibility index (Phi) is 4.76. The molecule has 1 aromatic rings. The van der Waals surface area contributed by atoms with Gasteiger partial charge in [0.05, 0.1) is 12.2 Å². The van der Waals surface area contributed by atoms with Crippen LogP contribution in [0.2, 0.25) is 0 Å². The van der Waals surface area contributed by atoms with E-state index >= 15 is 0 Å². The molecule has 1 aliphatic rings. The van der Waals surface area contributed by atoms with Gasteiger partial charge < -0.3 is 9.47 Å².